The van der Waals surface area contributed by atoms with Crippen molar-refractivity contribution in [3.8, 4) is 11.6 Å². The van der Waals surface area contributed by atoms with E-state index in [0.717, 1.165) is 22.1 Å². The van der Waals surface area contributed by atoms with Gasteiger partial charge < -0.3 is 10.1 Å². The molecule has 2 aromatic heterocycles. The third kappa shape index (κ3) is 5.78. The quantitative estimate of drug-likeness (QED) is 0.522. The summed E-state index contributed by atoms with van der Waals surface area (Å²) in [6, 6.07) is 8.96. The summed E-state index contributed by atoms with van der Waals surface area (Å²) < 4.78 is 47.5. The normalized spacial score (nSPS) is 11.5. The number of rotatable bonds is 8. The van der Waals surface area contributed by atoms with Gasteiger partial charge >= 0.3 is 6.18 Å². The first-order chi connectivity index (χ1) is 14.6. The Bertz CT molecular complexity index is 1060. The number of alkyl halides is 3. The van der Waals surface area contributed by atoms with E-state index in [2.05, 4.69) is 15.5 Å². The van der Waals surface area contributed by atoms with Crippen LogP contribution in [0.3, 0.4) is 0 Å². The number of para-hydroxylation sites is 1. The zero-order valence-corrected chi connectivity index (χ0v) is 17.7. The fraction of sp³-hybridized carbons (Fsp3) is 0.350. The second-order valence-corrected chi connectivity index (χ2v) is 7.28. The Hall–Kier alpha value is -3.01. The maximum atomic E-state index is 13.1. The van der Waals surface area contributed by atoms with E-state index < -0.39 is 24.4 Å². The standard InChI is InChI=1S/C20H21ClF3N5O2/c1-13-10-14(2)28(26-13)9-5-8-25-18(30)12-31-19-11-17(20(22,23)24)27-29(19)16-7-4-3-6-15(16)21/h3-4,6-7,10-11H,5,8-9,12H2,1-2H3,(H,25,30). The van der Waals surface area contributed by atoms with E-state index in [4.69, 9.17) is 16.3 Å². The van der Waals surface area contributed by atoms with Crippen molar-refractivity contribution >= 4 is 17.5 Å². The molecule has 0 bridgehead atoms. The first kappa shape index (κ1) is 22.7. The van der Waals surface area contributed by atoms with Crippen LogP contribution in [0.5, 0.6) is 5.88 Å². The summed E-state index contributed by atoms with van der Waals surface area (Å²) in [5, 5.41) is 10.8. The van der Waals surface area contributed by atoms with Gasteiger partial charge in [-0.05, 0) is 38.5 Å². The Balaban J connectivity index is 1.60. The summed E-state index contributed by atoms with van der Waals surface area (Å²) in [7, 11) is 0. The number of halogens is 4. The van der Waals surface area contributed by atoms with E-state index >= 15 is 0 Å². The highest BCUT2D eigenvalue weighted by atomic mass is 35.5. The fourth-order valence-electron chi connectivity index (χ4n) is 2.95. The van der Waals surface area contributed by atoms with Gasteiger partial charge in [-0.25, -0.2) is 0 Å². The van der Waals surface area contributed by atoms with Crippen LogP contribution < -0.4 is 10.1 Å². The number of nitrogens with one attached hydrogen (secondary N) is 1. The van der Waals surface area contributed by atoms with Crippen LogP contribution in [0.25, 0.3) is 5.69 Å². The molecular weight excluding hydrogens is 435 g/mol. The summed E-state index contributed by atoms with van der Waals surface area (Å²) in [4.78, 5) is 12.1. The van der Waals surface area contributed by atoms with Crippen LogP contribution in [-0.4, -0.2) is 38.6 Å². The van der Waals surface area contributed by atoms with Crippen LogP contribution >= 0.6 is 11.6 Å². The summed E-state index contributed by atoms with van der Waals surface area (Å²) in [5.74, 6) is -0.702. The van der Waals surface area contributed by atoms with Crippen molar-refractivity contribution in [2.45, 2.75) is 33.0 Å². The third-order valence-corrected chi connectivity index (χ3v) is 4.69. The number of hydrogen-bond donors (Lipinski definition) is 1. The van der Waals surface area contributed by atoms with Crippen LogP contribution in [0, 0.1) is 13.8 Å². The summed E-state index contributed by atoms with van der Waals surface area (Å²) >= 11 is 6.08. The Morgan fingerprint density at radius 3 is 2.58 bits per heavy atom. The highest BCUT2D eigenvalue weighted by Gasteiger charge is 2.36. The van der Waals surface area contributed by atoms with Crippen molar-refractivity contribution in [3.05, 3.63) is 58.5 Å². The number of benzene rings is 1. The zero-order valence-electron chi connectivity index (χ0n) is 16.9. The van der Waals surface area contributed by atoms with Crippen LogP contribution in [-0.2, 0) is 17.5 Å². The molecule has 0 fully saturated rings. The Kier molecular flexibility index (Phi) is 6.89. The minimum atomic E-state index is -4.67. The predicted molar refractivity (Wildman–Crippen MR) is 108 cm³/mol. The van der Waals surface area contributed by atoms with Crippen LogP contribution in [0.4, 0.5) is 13.2 Å². The minimum absolute atomic E-state index is 0.192. The molecule has 11 heteroatoms. The van der Waals surface area contributed by atoms with Crippen molar-refractivity contribution < 1.29 is 22.7 Å². The second kappa shape index (κ2) is 9.42. The van der Waals surface area contributed by atoms with Crippen LogP contribution in [0.15, 0.2) is 36.4 Å². The smallest absolute Gasteiger partial charge is 0.435 e. The molecule has 1 aromatic carbocycles. The van der Waals surface area contributed by atoms with Gasteiger partial charge in [-0.15, -0.1) is 0 Å². The molecule has 0 unspecified atom stereocenters. The highest BCUT2D eigenvalue weighted by Crippen LogP contribution is 2.33. The van der Waals surface area contributed by atoms with Gasteiger partial charge in [0.25, 0.3) is 5.91 Å². The summed E-state index contributed by atoms with van der Waals surface area (Å²) in [5.41, 5.74) is 1.01. The van der Waals surface area contributed by atoms with Crippen molar-refractivity contribution in [2.24, 2.45) is 0 Å². The number of aryl methyl sites for hydroxylation is 3. The molecule has 166 valence electrons. The lowest BCUT2D eigenvalue weighted by Gasteiger charge is -2.11. The van der Waals surface area contributed by atoms with E-state index in [1.165, 1.54) is 12.1 Å². The topological polar surface area (TPSA) is 74.0 Å². The fourth-order valence-corrected chi connectivity index (χ4v) is 3.17. The number of amides is 1. The van der Waals surface area contributed by atoms with Crippen molar-refractivity contribution in [1.82, 2.24) is 24.9 Å². The lowest BCUT2D eigenvalue weighted by molar-refractivity contribution is -0.141. The van der Waals surface area contributed by atoms with Gasteiger partial charge in [0.15, 0.2) is 12.3 Å². The van der Waals surface area contributed by atoms with Crippen molar-refractivity contribution in [1.29, 1.82) is 0 Å². The average molecular weight is 456 g/mol. The zero-order chi connectivity index (χ0) is 22.6. The number of aromatic nitrogens is 4. The van der Waals surface area contributed by atoms with Gasteiger partial charge in [-0.1, -0.05) is 23.7 Å². The molecule has 3 rings (SSSR count). The predicted octanol–water partition coefficient (Wildman–Crippen LogP) is 3.94. The van der Waals surface area contributed by atoms with E-state index in [-0.39, 0.29) is 16.6 Å². The molecular formula is C20H21ClF3N5O2. The molecule has 0 aliphatic carbocycles. The van der Waals surface area contributed by atoms with Crippen LogP contribution in [0.2, 0.25) is 5.02 Å². The molecule has 7 nitrogen and oxygen atoms in total. The largest absolute Gasteiger partial charge is 0.467 e. The number of carbonyl (C=O) groups is 1. The van der Waals surface area contributed by atoms with Crippen molar-refractivity contribution in [3.63, 3.8) is 0 Å². The van der Waals surface area contributed by atoms with Gasteiger partial charge in [-0.3, -0.25) is 9.48 Å². The molecule has 0 radical (unpaired) electrons. The Morgan fingerprint density at radius 1 is 1.19 bits per heavy atom. The maximum absolute atomic E-state index is 13.1. The van der Waals surface area contributed by atoms with Gasteiger partial charge in [0.1, 0.15) is 0 Å². The van der Waals surface area contributed by atoms with E-state index in [9.17, 15) is 18.0 Å². The monoisotopic (exact) mass is 455 g/mol. The van der Waals surface area contributed by atoms with E-state index in [0.29, 0.717) is 19.5 Å². The second-order valence-electron chi connectivity index (χ2n) is 6.87. The molecule has 0 saturated carbocycles. The Morgan fingerprint density at radius 2 is 1.94 bits per heavy atom. The number of carbonyl (C=O) groups excluding carboxylic acids is 1. The first-order valence-electron chi connectivity index (χ1n) is 9.48. The molecule has 31 heavy (non-hydrogen) atoms. The van der Waals surface area contributed by atoms with Gasteiger partial charge in [0.2, 0.25) is 5.88 Å². The number of nitrogens with zero attached hydrogens (tertiary/aromatic N) is 4. The number of ether oxygens (including phenoxy) is 1. The first-order valence-corrected chi connectivity index (χ1v) is 9.85. The molecule has 1 amide bonds. The van der Waals surface area contributed by atoms with E-state index in [1.807, 2.05) is 24.6 Å². The minimum Gasteiger partial charge on any atom is -0.467 e. The molecule has 1 N–H and O–H groups in total. The molecule has 0 spiro atoms. The molecule has 0 saturated heterocycles. The lowest BCUT2D eigenvalue weighted by atomic mass is 10.3. The maximum Gasteiger partial charge on any atom is 0.435 e. The molecule has 0 aliphatic rings. The van der Waals surface area contributed by atoms with Crippen LogP contribution in [0.1, 0.15) is 23.5 Å². The summed E-state index contributed by atoms with van der Waals surface area (Å²) in [6.07, 6.45) is -4.03. The SMILES string of the molecule is Cc1cc(C)n(CCCNC(=O)COc2cc(C(F)(F)F)nn2-c2ccccc2Cl)n1. The molecule has 3 aromatic rings. The molecule has 2 heterocycles. The summed E-state index contributed by atoms with van der Waals surface area (Å²) in [6.45, 7) is 4.39. The third-order valence-electron chi connectivity index (χ3n) is 4.37. The van der Waals surface area contributed by atoms with E-state index in [1.54, 1.807) is 12.1 Å². The Labute approximate surface area is 181 Å². The van der Waals surface area contributed by atoms with Gasteiger partial charge in [0.05, 0.1) is 16.4 Å². The van der Waals surface area contributed by atoms with Crippen molar-refractivity contribution in [2.75, 3.05) is 13.2 Å². The van der Waals surface area contributed by atoms with Gasteiger partial charge in [-0.2, -0.15) is 28.1 Å². The van der Waals surface area contributed by atoms with Gasteiger partial charge in [0, 0.05) is 24.8 Å². The molecule has 0 atom stereocenters. The highest BCUT2D eigenvalue weighted by molar-refractivity contribution is 6.32. The average Bonchev–Trinajstić information content (AvgIpc) is 3.26. The number of hydrogen-bond acceptors (Lipinski definition) is 4. The lowest BCUT2D eigenvalue weighted by Crippen LogP contribution is -2.30. The molecule has 0 aliphatic heterocycles.